The summed E-state index contributed by atoms with van der Waals surface area (Å²) < 4.78 is 21.7. The highest BCUT2D eigenvalue weighted by atomic mass is 16.6. The molecule has 1 N–H and O–H groups in total. The van der Waals surface area contributed by atoms with E-state index in [0.717, 1.165) is 0 Å². The van der Waals surface area contributed by atoms with E-state index in [0.29, 0.717) is 46.9 Å². The summed E-state index contributed by atoms with van der Waals surface area (Å²) >= 11 is 0. The van der Waals surface area contributed by atoms with Crippen LogP contribution in [0, 0.1) is 11.8 Å². The molecule has 0 amide bonds. The van der Waals surface area contributed by atoms with E-state index in [1.165, 1.54) is 7.11 Å². The van der Waals surface area contributed by atoms with Crippen molar-refractivity contribution in [3.05, 3.63) is 52.4 Å². The van der Waals surface area contributed by atoms with Crippen LogP contribution in [0.2, 0.25) is 0 Å². The van der Waals surface area contributed by atoms with Gasteiger partial charge in [0.15, 0.2) is 5.78 Å². The quantitative estimate of drug-likeness (QED) is 0.321. The van der Waals surface area contributed by atoms with Gasteiger partial charge in [-0.3, -0.25) is 9.59 Å². The average Bonchev–Trinajstić information content (AvgIpc) is 2.80. The Morgan fingerprint density at radius 1 is 1.20 bits per heavy atom. The number of methoxy groups -OCH3 is 1. The molecule has 3 atom stereocenters. The molecule has 0 fully saturated rings. The van der Waals surface area contributed by atoms with Crippen molar-refractivity contribution in [1.82, 2.24) is 5.32 Å². The molecule has 0 spiro atoms. The molecular formula is C27H35NO7. The van der Waals surface area contributed by atoms with Crippen molar-refractivity contribution >= 4 is 17.7 Å². The van der Waals surface area contributed by atoms with Gasteiger partial charge in [-0.05, 0) is 57.7 Å². The lowest BCUT2D eigenvalue weighted by Crippen LogP contribution is -2.43. The average molecular weight is 486 g/mol. The van der Waals surface area contributed by atoms with Gasteiger partial charge in [0, 0.05) is 22.9 Å². The summed E-state index contributed by atoms with van der Waals surface area (Å²) in [5.74, 6) is -2.72. The highest BCUT2D eigenvalue weighted by Gasteiger charge is 2.47. The number of ether oxygens (including phenoxy) is 4. The number of Topliss-reactive ketones (excluding diaryl/α,β-unsaturated/α-hetero) is 1. The molecule has 190 valence electrons. The zero-order chi connectivity index (χ0) is 25.7. The second-order valence-electron chi connectivity index (χ2n) is 9.10. The Hall–Kier alpha value is -3.13. The number of benzene rings is 1. The normalized spacial score (nSPS) is 22.0. The summed E-state index contributed by atoms with van der Waals surface area (Å²) in [5.41, 5.74) is 2.76. The van der Waals surface area contributed by atoms with E-state index >= 15 is 0 Å². The number of ketones is 1. The summed E-state index contributed by atoms with van der Waals surface area (Å²) in [5, 5.41) is 3.26. The lowest BCUT2D eigenvalue weighted by molar-refractivity contribution is -0.151. The standard InChI is InChI=1S/C27H35NO7/c1-7-33-19-10-8-9-18(14-19)23-22(27(31)35-12-11-34-15(2)3)17(5)28-20-13-16(4)21(26(30)32-6)25(29)24(20)23/h8-10,14-16,21,23,28H,7,11-13H2,1-6H3. The Balaban J connectivity index is 2.06. The van der Waals surface area contributed by atoms with E-state index < -0.39 is 23.8 Å². The van der Waals surface area contributed by atoms with Crippen LogP contribution in [-0.2, 0) is 28.6 Å². The number of rotatable bonds is 9. The van der Waals surface area contributed by atoms with E-state index in [1.54, 1.807) is 6.92 Å². The molecule has 0 bridgehead atoms. The number of nitrogens with one attached hydrogen (secondary N) is 1. The Morgan fingerprint density at radius 2 is 1.94 bits per heavy atom. The minimum Gasteiger partial charge on any atom is -0.494 e. The predicted octanol–water partition coefficient (Wildman–Crippen LogP) is 3.67. The van der Waals surface area contributed by atoms with Crippen LogP contribution < -0.4 is 10.1 Å². The second kappa shape index (κ2) is 11.5. The summed E-state index contributed by atoms with van der Waals surface area (Å²) in [6.45, 7) is 10.2. The first-order valence-electron chi connectivity index (χ1n) is 12.0. The Morgan fingerprint density at radius 3 is 2.60 bits per heavy atom. The maximum atomic E-state index is 13.8. The first-order chi connectivity index (χ1) is 16.7. The van der Waals surface area contributed by atoms with E-state index in [9.17, 15) is 14.4 Å². The molecule has 0 saturated heterocycles. The van der Waals surface area contributed by atoms with Crippen LogP contribution in [0.25, 0.3) is 0 Å². The summed E-state index contributed by atoms with van der Waals surface area (Å²) in [6, 6.07) is 7.32. The molecule has 0 saturated carbocycles. The maximum absolute atomic E-state index is 13.8. The third-order valence-corrected chi connectivity index (χ3v) is 6.23. The van der Waals surface area contributed by atoms with Crippen LogP contribution in [0.4, 0.5) is 0 Å². The number of hydrogen-bond donors (Lipinski definition) is 1. The van der Waals surface area contributed by atoms with Gasteiger partial charge in [0.2, 0.25) is 0 Å². The fourth-order valence-electron chi connectivity index (χ4n) is 4.73. The molecule has 1 aromatic rings. The molecule has 1 heterocycles. The topological polar surface area (TPSA) is 100 Å². The van der Waals surface area contributed by atoms with Gasteiger partial charge in [0.25, 0.3) is 0 Å². The number of esters is 2. The predicted molar refractivity (Wildman–Crippen MR) is 130 cm³/mol. The molecule has 8 nitrogen and oxygen atoms in total. The number of hydrogen-bond acceptors (Lipinski definition) is 8. The molecule has 0 radical (unpaired) electrons. The third-order valence-electron chi connectivity index (χ3n) is 6.23. The largest absolute Gasteiger partial charge is 0.494 e. The van der Waals surface area contributed by atoms with Crippen LogP contribution in [0.15, 0.2) is 46.8 Å². The number of dihydropyridines is 1. The Labute approximate surface area is 206 Å². The van der Waals surface area contributed by atoms with Crippen molar-refractivity contribution in [2.45, 2.75) is 53.1 Å². The lowest BCUT2D eigenvalue weighted by Gasteiger charge is -2.38. The molecule has 1 aliphatic heterocycles. The number of allylic oxidation sites excluding steroid dienone is 3. The molecule has 2 aliphatic rings. The first kappa shape index (κ1) is 26.5. The minimum atomic E-state index is -0.937. The summed E-state index contributed by atoms with van der Waals surface area (Å²) in [7, 11) is 1.28. The van der Waals surface area contributed by atoms with E-state index in [1.807, 2.05) is 52.0 Å². The van der Waals surface area contributed by atoms with E-state index in [4.69, 9.17) is 18.9 Å². The van der Waals surface area contributed by atoms with Gasteiger partial charge in [-0.25, -0.2) is 4.79 Å². The molecule has 3 unspecified atom stereocenters. The van der Waals surface area contributed by atoms with Gasteiger partial charge in [0.05, 0.1) is 32.0 Å². The van der Waals surface area contributed by atoms with Crippen molar-refractivity contribution in [2.24, 2.45) is 11.8 Å². The Bertz CT molecular complexity index is 1040. The monoisotopic (exact) mass is 485 g/mol. The van der Waals surface area contributed by atoms with Crippen molar-refractivity contribution in [2.75, 3.05) is 26.9 Å². The molecule has 0 aromatic heterocycles. The van der Waals surface area contributed by atoms with Gasteiger partial charge in [-0.2, -0.15) is 0 Å². The van der Waals surface area contributed by atoms with Gasteiger partial charge >= 0.3 is 11.9 Å². The van der Waals surface area contributed by atoms with Crippen LogP contribution in [0.1, 0.15) is 52.5 Å². The Kier molecular flexibility index (Phi) is 8.72. The SMILES string of the molecule is CCOc1cccc(C2C(C(=O)OCCOC(C)C)=C(C)NC3=C2C(=O)C(C(=O)OC)C(C)C3)c1. The number of carbonyl (C=O) groups is 3. The van der Waals surface area contributed by atoms with Crippen LogP contribution in [-0.4, -0.2) is 50.8 Å². The molecule has 1 aromatic carbocycles. The van der Waals surface area contributed by atoms with Gasteiger partial charge < -0.3 is 24.3 Å². The maximum Gasteiger partial charge on any atom is 0.336 e. The van der Waals surface area contributed by atoms with Gasteiger partial charge in [-0.15, -0.1) is 0 Å². The van der Waals surface area contributed by atoms with Crippen molar-refractivity contribution in [1.29, 1.82) is 0 Å². The highest BCUT2D eigenvalue weighted by molar-refractivity contribution is 6.12. The first-order valence-corrected chi connectivity index (χ1v) is 12.0. The molecule has 3 rings (SSSR count). The lowest BCUT2D eigenvalue weighted by atomic mass is 9.69. The zero-order valence-corrected chi connectivity index (χ0v) is 21.3. The van der Waals surface area contributed by atoms with E-state index in [-0.39, 0.29) is 31.0 Å². The van der Waals surface area contributed by atoms with Crippen molar-refractivity contribution in [3.63, 3.8) is 0 Å². The minimum absolute atomic E-state index is 0.0184. The second-order valence-corrected chi connectivity index (χ2v) is 9.10. The zero-order valence-electron chi connectivity index (χ0n) is 21.3. The van der Waals surface area contributed by atoms with Crippen LogP contribution >= 0.6 is 0 Å². The van der Waals surface area contributed by atoms with Crippen molar-refractivity contribution < 1.29 is 33.3 Å². The van der Waals surface area contributed by atoms with Gasteiger partial charge in [-0.1, -0.05) is 19.1 Å². The van der Waals surface area contributed by atoms with E-state index in [2.05, 4.69) is 5.32 Å². The van der Waals surface area contributed by atoms with Crippen molar-refractivity contribution in [3.8, 4) is 5.75 Å². The summed E-state index contributed by atoms with van der Waals surface area (Å²) in [4.78, 5) is 39.6. The fourth-order valence-corrected chi connectivity index (χ4v) is 4.73. The highest BCUT2D eigenvalue weighted by Crippen LogP contribution is 2.45. The third kappa shape index (κ3) is 5.75. The van der Waals surface area contributed by atoms with Gasteiger partial charge in [0.1, 0.15) is 18.3 Å². The fraction of sp³-hybridized carbons (Fsp3) is 0.519. The van der Waals surface area contributed by atoms with Crippen LogP contribution in [0.3, 0.4) is 0 Å². The summed E-state index contributed by atoms with van der Waals surface area (Å²) in [6.07, 6.45) is 0.495. The van der Waals surface area contributed by atoms with Crippen LogP contribution in [0.5, 0.6) is 5.75 Å². The molecular weight excluding hydrogens is 450 g/mol. The number of carbonyl (C=O) groups excluding carboxylic acids is 3. The molecule has 1 aliphatic carbocycles. The smallest absolute Gasteiger partial charge is 0.336 e. The molecule has 35 heavy (non-hydrogen) atoms. The molecule has 8 heteroatoms.